The molecule has 0 bridgehead atoms. The number of esters is 1. The maximum atomic E-state index is 12.2. The van der Waals surface area contributed by atoms with Gasteiger partial charge in [-0.25, -0.2) is 4.79 Å². The summed E-state index contributed by atoms with van der Waals surface area (Å²) in [5, 5.41) is 0. The molecule has 0 aliphatic carbocycles. The molecule has 2 atom stereocenters. The number of likely N-dealkylation sites (tertiary alicyclic amines) is 1. The van der Waals surface area contributed by atoms with E-state index in [1.165, 1.54) is 18.2 Å². The lowest BCUT2D eigenvalue weighted by atomic mass is 10.00. The number of carbonyl (C=O) groups excluding carboxylic acids is 2. The zero-order valence-electron chi connectivity index (χ0n) is 11.4. The molecule has 1 aromatic carbocycles. The molecular formula is C15H17NO3S. The van der Waals surface area contributed by atoms with Crippen molar-refractivity contribution in [2.45, 2.75) is 30.7 Å². The van der Waals surface area contributed by atoms with E-state index in [0.717, 1.165) is 11.5 Å². The van der Waals surface area contributed by atoms with Crippen LogP contribution in [0.2, 0.25) is 0 Å². The van der Waals surface area contributed by atoms with E-state index in [1.54, 1.807) is 4.90 Å². The Morgan fingerprint density at radius 3 is 3.00 bits per heavy atom. The third-order valence-electron chi connectivity index (χ3n) is 4.01. The fraction of sp³-hybridized carbons (Fsp3) is 0.467. The van der Waals surface area contributed by atoms with Crippen molar-refractivity contribution in [1.82, 2.24) is 4.90 Å². The SMILES string of the molecule is COC(=O)C1CCC(=O)N1C1CSCc2ccccc21. The Bertz CT molecular complexity index is 546. The van der Waals surface area contributed by atoms with E-state index in [9.17, 15) is 9.59 Å². The third-order valence-corrected chi connectivity index (χ3v) is 5.08. The monoisotopic (exact) mass is 291 g/mol. The second-order valence-corrected chi connectivity index (χ2v) is 6.14. The number of fused-ring (bicyclic) bond motifs is 1. The van der Waals surface area contributed by atoms with Crippen LogP contribution in [-0.4, -0.2) is 35.7 Å². The highest BCUT2D eigenvalue weighted by Crippen LogP contribution is 2.39. The molecule has 4 nitrogen and oxygen atoms in total. The molecule has 0 saturated carbocycles. The molecule has 3 rings (SSSR count). The summed E-state index contributed by atoms with van der Waals surface area (Å²) in [6, 6.07) is 7.75. The van der Waals surface area contributed by atoms with Gasteiger partial charge in [0.05, 0.1) is 13.2 Å². The number of hydrogen-bond donors (Lipinski definition) is 0. The number of hydrogen-bond acceptors (Lipinski definition) is 4. The van der Waals surface area contributed by atoms with Gasteiger partial charge < -0.3 is 9.64 Å². The van der Waals surface area contributed by atoms with Gasteiger partial charge in [0.1, 0.15) is 6.04 Å². The molecule has 2 heterocycles. The van der Waals surface area contributed by atoms with Gasteiger partial charge in [-0.3, -0.25) is 4.79 Å². The van der Waals surface area contributed by atoms with Crippen LogP contribution in [0.5, 0.6) is 0 Å². The Hall–Kier alpha value is -1.49. The van der Waals surface area contributed by atoms with Crippen molar-refractivity contribution in [2.24, 2.45) is 0 Å². The molecule has 1 saturated heterocycles. The fourth-order valence-corrected chi connectivity index (χ4v) is 4.22. The van der Waals surface area contributed by atoms with Crippen LogP contribution in [0, 0.1) is 0 Å². The minimum absolute atomic E-state index is 0.0101. The maximum Gasteiger partial charge on any atom is 0.328 e. The first kappa shape index (κ1) is 13.5. The van der Waals surface area contributed by atoms with Crippen molar-refractivity contribution in [3.05, 3.63) is 35.4 Å². The van der Waals surface area contributed by atoms with Gasteiger partial charge in [-0.1, -0.05) is 24.3 Å². The van der Waals surface area contributed by atoms with E-state index >= 15 is 0 Å². The number of ether oxygens (including phenoxy) is 1. The van der Waals surface area contributed by atoms with Crippen molar-refractivity contribution in [3.63, 3.8) is 0 Å². The lowest BCUT2D eigenvalue weighted by molar-refractivity contribution is -0.150. The highest BCUT2D eigenvalue weighted by atomic mass is 32.2. The van der Waals surface area contributed by atoms with Crippen LogP contribution in [0.3, 0.4) is 0 Å². The first-order chi connectivity index (χ1) is 9.72. The minimum atomic E-state index is -0.427. The van der Waals surface area contributed by atoms with Gasteiger partial charge in [-0.2, -0.15) is 11.8 Å². The number of thioether (sulfide) groups is 1. The molecule has 1 aromatic rings. The van der Waals surface area contributed by atoms with E-state index in [0.29, 0.717) is 12.8 Å². The topological polar surface area (TPSA) is 46.6 Å². The van der Waals surface area contributed by atoms with Gasteiger partial charge in [0.15, 0.2) is 0 Å². The van der Waals surface area contributed by atoms with Gasteiger partial charge in [0, 0.05) is 17.9 Å². The molecule has 0 N–H and O–H groups in total. The number of carbonyl (C=O) groups is 2. The Morgan fingerprint density at radius 1 is 1.40 bits per heavy atom. The first-order valence-corrected chi connectivity index (χ1v) is 7.92. The summed E-state index contributed by atoms with van der Waals surface area (Å²) in [4.78, 5) is 25.9. The van der Waals surface area contributed by atoms with E-state index in [1.807, 2.05) is 23.9 Å². The number of rotatable bonds is 2. The summed E-state index contributed by atoms with van der Waals surface area (Å²) in [7, 11) is 1.38. The molecule has 1 amide bonds. The number of nitrogens with zero attached hydrogens (tertiary/aromatic N) is 1. The van der Waals surface area contributed by atoms with Gasteiger partial charge in [0.25, 0.3) is 0 Å². The molecule has 2 aliphatic heterocycles. The molecule has 0 radical (unpaired) electrons. The summed E-state index contributed by atoms with van der Waals surface area (Å²) in [6.45, 7) is 0. The van der Waals surface area contributed by atoms with E-state index in [4.69, 9.17) is 4.74 Å². The zero-order valence-corrected chi connectivity index (χ0v) is 12.2. The van der Waals surface area contributed by atoms with Gasteiger partial charge in [0.2, 0.25) is 5.91 Å². The molecule has 0 aromatic heterocycles. The second-order valence-electron chi connectivity index (χ2n) is 5.11. The average molecular weight is 291 g/mol. The molecule has 2 aliphatic rings. The van der Waals surface area contributed by atoms with Gasteiger partial charge in [-0.05, 0) is 17.5 Å². The summed E-state index contributed by atoms with van der Waals surface area (Å²) in [5.74, 6) is 1.57. The predicted molar refractivity (Wildman–Crippen MR) is 77.2 cm³/mol. The van der Waals surface area contributed by atoms with Gasteiger partial charge in [-0.15, -0.1) is 0 Å². The van der Waals surface area contributed by atoms with Crippen LogP contribution >= 0.6 is 11.8 Å². The molecular weight excluding hydrogens is 274 g/mol. The molecule has 106 valence electrons. The van der Waals surface area contributed by atoms with Crippen LogP contribution in [0.1, 0.15) is 30.0 Å². The van der Waals surface area contributed by atoms with Gasteiger partial charge >= 0.3 is 5.97 Å². The Morgan fingerprint density at radius 2 is 2.20 bits per heavy atom. The van der Waals surface area contributed by atoms with Crippen molar-refractivity contribution in [3.8, 4) is 0 Å². The van der Waals surface area contributed by atoms with Crippen LogP contribution < -0.4 is 0 Å². The standard InChI is InChI=1S/C15H17NO3S/c1-19-15(18)12-6-7-14(17)16(12)13-9-20-8-10-4-2-3-5-11(10)13/h2-5,12-13H,6-9H2,1H3. The number of benzene rings is 1. The molecule has 0 spiro atoms. The number of methoxy groups -OCH3 is 1. The Labute approximate surface area is 122 Å². The van der Waals surface area contributed by atoms with E-state index < -0.39 is 6.04 Å². The Balaban J connectivity index is 1.95. The van der Waals surface area contributed by atoms with Crippen LogP contribution in [0.15, 0.2) is 24.3 Å². The molecule has 20 heavy (non-hydrogen) atoms. The number of amides is 1. The smallest absolute Gasteiger partial charge is 0.328 e. The lowest BCUT2D eigenvalue weighted by Crippen LogP contribution is -2.43. The highest BCUT2D eigenvalue weighted by molar-refractivity contribution is 7.98. The summed E-state index contributed by atoms with van der Waals surface area (Å²) in [5.41, 5.74) is 2.44. The van der Waals surface area contributed by atoms with Crippen LogP contribution in [0.25, 0.3) is 0 Å². The van der Waals surface area contributed by atoms with E-state index in [-0.39, 0.29) is 17.9 Å². The third kappa shape index (κ3) is 2.20. The van der Waals surface area contributed by atoms with Crippen LogP contribution in [0.4, 0.5) is 0 Å². The molecule has 1 fully saturated rings. The largest absolute Gasteiger partial charge is 0.467 e. The van der Waals surface area contributed by atoms with Crippen molar-refractivity contribution < 1.29 is 14.3 Å². The molecule has 5 heteroatoms. The summed E-state index contributed by atoms with van der Waals surface area (Å²) >= 11 is 1.81. The fourth-order valence-electron chi connectivity index (χ4n) is 3.05. The average Bonchev–Trinajstić information content (AvgIpc) is 2.87. The summed E-state index contributed by atoms with van der Waals surface area (Å²) < 4.78 is 4.85. The first-order valence-electron chi connectivity index (χ1n) is 6.77. The normalized spacial score (nSPS) is 25.4. The Kier molecular flexibility index (Phi) is 3.70. The summed E-state index contributed by atoms with van der Waals surface area (Å²) in [6.07, 6.45) is 0.998. The quantitative estimate of drug-likeness (QED) is 0.783. The highest BCUT2D eigenvalue weighted by Gasteiger charge is 2.42. The minimum Gasteiger partial charge on any atom is -0.467 e. The zero-order chi connectivity index (χ0) is 14.1. The van der Waals surface area contributed by atoms with E-state index in [2.05, 4.69) is 12.1 Å². The van der Waals surface area contributed by atoms with Crippen LogP contribution in [-0.2, 0) is 20.1 Å². The predicted octanol–water partition coefficient (Wildman–Crippen LogP) is 2.14. The van der Waals surface area contributed by atoms with Crippen molar-refractivity contribution >= 4 is 23.6 Å². The lowest BCUT2D eigenvalue weighted by Gasteiger charge is -2.35. The second kappa shape index (κ2) is 5.48. The maximum absolute atomic E-state index is 12.2. The molecule has 2 unspecified atom stereocenters. The van der Waals surface area contributed by atoms with Crippen molar-refractivity contribution in [2.75, 3.05) is 12.9 Å². The van der Waals surface area contributed by atoms with Crippen molar-refractivity contribution in [1.29, 1.82) is 0 Å².